The Labute approximate surface area is 93.9 Å². The number of thioether (sulfide) groups is 1. The monoisotopic (exact) mass is 233 g/mol. The van der Waals surface area contributed by atoms with E-state index in [4.69, 9.17) is 0 Å². The number of hydrogen-bond acceptors (Lipinski definition) is 2. The quantitative estimate of drug-likeness (QED) is 0.801. The van der Waals surface area contributed by atoms with Crippen molar-refractivity contribution in [2.45, 2.75) is 6.04 Å². The molecule has 1 aliphatic heterocycles. The first-order valence-electron chi connectivity index (χ1n) is 4.43. The minimum Gasteiger partial charge on any atom is -0.308 e. The summed E-state index contributed by atoms with van der Waals surface area (Å²) in [5.41, 5.74) is 1.19. The van der Waals surface area contributed by atoms with Crippen LogP contribution >= 0.6 is 24.2 Å². The maximum absolute atomic E-state index is 12.6. The standard InChI is InChI=1S/C10H12FNS.ClH/c11-9-3-1-8(2-4-9)10-7-13-6-5-12-10;/h1-4,10,12H,5-7H2;1H. The van der Waals surface area contributed by atoms with E-state index in [1.54, 1.807) is 0 Å². The zero-order valence-corrected chi connectivity index (χ0v) is 9.34. The molecule has 2 rings (SSSR count). The summed E-state index contributed by atoms with van der Waals surface area (Å²) in [6.45, 7) is 1.05. The average molecular weight is 234 g/mol. The number of nitrogens with one attached hydrogen (secondary N) is 1. The molecule has 1 aliphatic rings. The van der Waals surface area contributed by atoms with Gasteiger partial charge in [0, 0.05) is 24.1 Å². The molecule has 1 atom stereocenters. The van der Waals surface area contributed by atoms with E-state index in [9.17, 15) is 4.39 Å². The van der Waals surface area contributed by atoms with Gasteiger partial charge < -0.3 is 5.32 Å². The van der Waals surface area contributed by atoms with Crippen molar-refractivity contribution >= 4 is 24.2 Å². The van der Waals surface area contributed by atoms with Crippen LogP contribution in [-0.4, -0.2) is 18.1 Å². The molecule has 0 aromatic heterocycles. The number of halogens is 2. The van der Waals surface area contributed by atoms with Gasteiger partial charge in [-0.2, -0.15) is 11.8 Å². The van der Waals surface area contributed by atoms with Crippen molar-refractivity contribution in [3.63, 3.8) is 0 Å². The van der Waals surface area contributed by atoms with Gasteiger partial charge in [-0.15, -0.1) is 12.4 Å². The Morgan fingerprint density at radius 1 is 1.29 bits per heavy atom. The molecule has 0 radical (unpaired) electrons. The molecule has 1 aromatic carbocycles. The lowest BCUT2D eigenvalue weighted by atomic mass is 10.1. The lowest BCUT2D eigenvalue weighted by Crippen LogP contribution is -2.30. The third-order valence-electron chi connectivity index (χ3n) is 2.19. The summed E-state index contributed by atoms with van der Waals surface area (Å²) in [6, 6.07) is 7.17. The highest BCUT2D eigenvalue weighted by Gasteiger charge is 2.14. The molecule has 1 fully saturated rings. The van der Waals surface area contributed by atoms with Gasteiger partial charge in [-0.3, -0.25) is 0 Å². The second-order valence-corrected chi connectivity index (χ2v) is 4.28. The summed E-state index contributed by atoms with van der Waals surface area (Å²) in [6.07, 6.45) is 0. The predicted molar refractivity (Wildman–Crippen MR) is 61.7 cm³/mol. The van der Waals surface area contributed by atoms with Crippen molar-refractivity contribution < 1.29 is 4.39 Å². The SMILES string of the molecule is Cl.Fc1ccc(C2CSCCN2)cc1. The molecule has 1 heterocycles. The largest absolute Gasteiger partial charge is 0.308 e. The zero-order valence-electron chi connectivity index (χ0n) is 7.70. The number of hydrogen-bond donors (Lipinski definition) is 1. The van der Waals surface area contributed by atoms with Crippen molar-refractivity contribution in [1.82, 2.24) is 5.32 Å². The zero-order chi connectivity index (χ0) is 9.10. The van der Waals surface area contributed by atoms with Crippen LogP contribution in [0.5, 0.6) is 0 Å². The lowest BCUT2D eigenvalue weighted by Gasteiger charge is -2.23. The van der Waals surface area contributed by atoms with Crippen molar-refractivity contribution in [2.75, 3.05) is 18.1 Å². The first-order chi connectivity index (χ1) is 6.36. The molecule has 0 aliphatic carbocycles. The summed E-state index contributed by atoms with van der Waals surface area (Å²) >= 11 is 1.95. The Balaban J connectivity index is 0.000000980. The highest BCUT2D eigenvalue weighted by Crippen LogP contribution is 2.21. The van der Waals surface area contributed by atoms with Crippen LogP contribution in [0.1, 0.15) is 11.6 Å². The van der Waals surface area contributed by atoms with Gasteiger partial charge in [0.2, 0.25) is 0 Å². The van der Waals surface area contributed by atoms with E-state index in [0.717, 1.165) is 12.3 Å². The maximum atomic E-state index is 12.6. The van der Waals surface area contributed by atoms with Gasteiger partial charge >= 0.3 is 0 Å². The van der Waals surface area contributed by atoms with Crippen molar-refractivity contribution in [2.24, 2.45) is 0 Å². The van der Waals surface area contributed by atoms with Crippen molar-refractivity contribution in [3.8, 4) is 0 Å². The van der Waals surface area contributed by atoms with Gasteiger partial charge in [0.15, 0.2) is 0 Å². The summed E-state index contributed by atoms with van der Waals surface area (Å²) < 4.78 is 12.6. The summed E-state index contributed by atoms with van der Waals surface area (Å²) in [7, 11) is 0. The predicted octanol–water partition coefficient (Wildman–Crippen LogP) is 2.62. The van der Waals surface area contributed by atoms with Crippen LogP contribution in [0.15, 0.2) is 24.3 Å². The van der Waals surface area contributed by atoms with Crippen LogP contribution in [0.2, 0.25) is 0 Å². The molecule has 0 saturated carbocycles. The minimum atomic E-state index is -0.160. The summed E-state index contributed by atoms with van der Waals surface area (Å²) in [4.78, 5) is 0. The van der Waals surface area contributed by atoms with E-state index in [1.807, 2.05) is 23.9 Å². The van der Waals surface area contributed by atoms with Crippen LogP contribution in [0.3, 0.4) is 0 Å². The fraction of sp³-hybridized carbons (Fsp3) is 0.400. The van der Waals surface area contributed by atoms with Crippen LogP contribution in [0, 0.1) is 5.82 Å². The first kappa shape index (κ1) is 11.8. The fourth-order valence-corrected chi connectivity index (χ4v) is 2.45. The van der Waals surface area contributed by atoms with Crippen LogP contribution < -0.4 is 5.32 Å². The molecule has 4 heteroatoms. The van der Waals surface area contributed by atoms with Gasteiger partial charge in [-0.25, -0.2) is 4.39 Å². The highest BCUT2D eigenvalue weighted by molar-refractivity contribution is 7.99. The van der Waals surface area contributed by atoms with E-state index in [-0.39, 0.29) is 18.2 Å². The second kappa shape index (κ2) is 5.59. The summed E-state index contributed by atoms with van der Waals surface area (Å²) in [5, 5.41) is 3.41. The van der Waals surface area contributed by atoms with Crippen LogP contribution in [-0.2, 0) is 0 Å². The molecule has 1 unspecified atom stereocenters. The molecule has 78 valence electrons. The molecule has 0 spiro atoms. The first-order valence-corrected chi connectivity index (χ1v) is 5.58. The Bertz CT molecular complexity index is 272. The minimum absolute atomic E-state index is 0. The molecule has 0 bridgehead atoms. The van der Waals surface area contributed by atoms with Gasteiger partial charge in [0.25, 0.3) is 0 Å². The molecule has 1 nitrogen and oxygen atoms in total. The Kier molecular flexibility index (Phi) is 4.72. The van der Waals surface area contributed by atoms with Crippen molar-refractivity contribution in [1.29, 1.82) is 0 Å². The highest BCUT2D eigenvalue weighted by atomic mass is 35.5. The molecule has 1 N–H and O–H groups in total. The molecule has 14 heavy (non-hydrogen) atoms. The van der Waals surface area contributed by atoms with Crippen LogP contribution in [0.25, 0.3) is 0 Å². The van der Waals surface area contributed by atoms with Crippen LogP contribution in [0.4, 0.5) is 4.39 Å². The fourth-order valence-electron chi connectivity index (χ4n) is 1.47. The number of benzene rings is 1. The van der Waals surface area contributed by atoms with Gasteiger partial charge in [0.1, 0.15) is 5.82 Å². The van der Waals surface area contributed by atoms with E-state index in [1.165, 1.54) is 23.4 Å². The third-order valence-corrected chi connectivity index (χ3v) is 3.26. The van der Waals surface area contributed by atoms with E-state index < -0.39 is 0 Å². The molecular weight excluding hydrogens is 221 g/mol. The molecular formula is C10H13ClFNS. The summed E-state index contributed by atoms with van der Waals surface area (Å²) in [5.74, 6) is 2.11. The van der Waals surface area contributed by atoms with Gasteiger partial charge in [-0.1, -0.05) is 12.1 Å². The second-order valence-electron chi connectivity index (χ2n) is 3.13. The Morgan fingerprint density at radius 2 is 2.00 bits per heavy atom. The Morgan fingerprint density at radius 3 is 2.57 bits per heavy atom. The molecule has 1 saturated heterocycles. The smallest absolute Gasteiger partial charge is 0.123 e. The average Bonchev–Trinajstić information content (AvgIpc) is 2.20. The van der Waals surface area contributed by atoms with Gasteiger partial charge in [0.05, 0.1) is 0 Å². The van der Waals surface area contributed by atoms with E-state index >= 15 is 0 Å². The third kappa shape index (κ3) is 2.87. The van der Waals surface area contributed by atoms with E-state index in [0.29, 0.717) is 6.04 Å². The molecule has 0 amide bonds. The lowest BCUT2D eigenvalue weighted by molar-refractivity contribution is 0.589. The molecule has 1 aromatic rings. The Hall–Kier alpha value is -0.250. The number of rotatable bonds is 1. The van der Waals surface area contributed by atoms with Crippen molar-refractivity contribution in [3.05, 3.63) is 35.6 Å². The van der Waals surface area contributed by atoms with Gasteiger partial charge in [-0.05, 0) is 17.7 Å². The topological polar surface area (TPSA) is 12.0 Å². The van der Waals surface area contributed by atoms with E-state index in [2.05, 4.69) is 5.32 Å². The normalized spacial score (nSPS) is 21.4. The maximum Gasteiger partial charge on any atom is 0.123 e.